The Labute approximate surface area is 254 Å². The van der Waals surface area contributed by atoms with Gasteiger partial charge in [0.15, 0.2) is 0 Å². The van der Waals surface area contributed by atoms with Crippen LogP contribution in [0.4, 0.5) is 0 Å². The van der Waals surface area contributed by atoms with E-state index in [9.17, 15) is 0 Å². The molecule has 0 atom stereocenters. The molecule has 0 aliphatic rings. The van der Waals surface area contributed by atoms with E-state index in [0.29, 0.717) is 0 Å². The predicted molar refractivity (Wildman–Crippen MR) is 188 cm³/mol. The molecule has 9 aromatic rings. The maximum Gasteiger partial charge on any atom is 0.0361 e. The number of benzene rings is 8. The van der Waals surface area contributed by atoms with Gasteiger partial charge in [0.2, 0.25) is 0 Å². The third kappa shape index (κ3) is 3.75. The number of hydrogen-bond donors (Lipinski definition) is 0. The molecule has 0 saturated carbocycles. The molecule has 0 fully saturated rings. The molecule has 200 valence electrons. The highest BCUT2D eigenvalue weighted by molar-refractivity contribution is 7.25. The summed E-state index contributed by atoms with van der Waals surface area (Å²) in [6, 6.07) is 57.9. The highest BCUT2D eigenvalue weighted by Crippen LogP contribution is 2.46. The van der Waals surface area contributed by atoms with Gasteiger partial charge in [0.05, 0.1) is 0 Å². The van der Waals surface area contributed by atoms with Crippen molar-refractivity contribution in [1.29, 1.82) is 0 Å². The second kappa shape index (κ2) is 9.66. The summed E-state index contributed by atoms with van der Waals surface area (Å²) in [5, 5.41) is 10.4. The fraction of sp³-hybridized carbons (Fsp3) is 0. The first kappa shape index (κ1) is 24.4. The first-order valence-electron chi connectivity index (χ1n) is 14.8. The Balaban J connectivity index is 1.33. The minimum absolute atomic E-state index is 1.25. The van der Waals surface area contributed by atoms with Gasteiger partial charge in [-0.15, -0.1) is 11.3 Å². The van der Waals surface area contributed by atoms with E-state index in [4.69, 9.17) is 0 Å². The van der Waals surface area contributed by atoms with Gasteiger partial charge in [0, 0.05) is 20.2 Å². The van der Waals surface area contributed by atoms with Crippen molar-refractivity contribution in [3.63, 3.8) is 0 Å². The van der Waals surface area contributed by atoms with E-state index < -0.39 is 0 Å². The van der Waals surface area contributed by atoms with Crippen molar-refractivity contribution in [2.45, 2.75) is 0 Å². The van der Waals surface area contributed by atoms with Crippen LogP contribution in [0.1, 0.15) is 0 Å². The number of rotatable bonds is 3. The van der Waals surface area contributed by atoms with E-state index in [2.05, 4.69) is 158 Å². The van der Waals surface area contributed by atoms with E-state index in [-0.39, 0.29) is 0 Å². The maximum atomic E-state index is 2.38. The number of thiophene rings is 1. The monoisotopic (exact) mass is 562 g/mol. The van der Waals surface area contributed by atoms with Gasteiger partial charge < -0.3 is 0 Å². The van der Waals surface area contributed by atoms with Crippen molar-refractivity contribution < 1.29 is 0 Å². The zero-order valence-electron chi connectivity index (χ0n) is 23.4. The summed E-state index contributed by atoms with van der Waals surface area (Å²) >= 11 is 1.88. The molecule has 8 aromatic carbocycles. The molecule has 0 aliphatic heterocycles. The molecule has 1 aromatic heterocycles. The average Bonchev–Trinajstić information content (AvgIpc) is 3.45. The maximum absolute atomic E-state index is 2.38. The van der Waals surface area contributed by atoms with Crippen LogP contribution in [-0.4, -0.2) is 0 Å². The second-order valence-corrected chi connectivity index (χ2v) is 12.3. The second-order valence-electron chi connectivity index (χ2n) is 11.2. The van der Waals surface area contributed by atoms with E-state index in [1.54, 1.807) is 0 Å². The van der Waals surface area contributed by atoms with Crippen molar-refractivity contribution in [1.82, 2.24) is 0 Å². The minimum atomic E-state index is 1.25. The van der Waals surface area contributed by atoms with Gasteiger partial charge in [0.25, 0.3) is 0 Å². The molecule has 0 unspecified atom stereocenters. The van der Waals surface area contributed by atoms with Crippen LogP contribution >= 0.6 is 11.3 Å². The highest BCUT2D eigenvalue weighted by Gasteiger charge is 2.18. The lowest BCUT2D eigenvalue weighted by Crippen LogP contribution is -1.92. The van der Waals surface area contributed by atoms with Crippen LogP contribution in [-0.2, 0) is 0 Å². The lowest BCUT2D eigenvalue weighted by molar-refractivity contribution is 1.66. The third-order valence-electron chi connectivity index (χ3n) is 8.88. The van der Waals surface area contributed by atoms with Crippen LogP contribution < -0.4 is 0 Å². The molecule has 0 saturated heterocycles. The molecule has 0 bridgehead atoms. The molecule has 0 nitrogen and oxygen atoms in total. The number of hydrogen-bond acceptors (Lipinski definition) is 1. The largest absolute Gasteiger partial charge is 0.135 e. The first-order chi connectivity index (χ1) is 21.3. The Bertz CT molecular complexity index is 2440. The molecule has 0 radical (unpaired) electrons. The van der Waals surface area contributed by atoms with Crippen molar-refractivity contribution in [3.8, 4) is 33.4 Å². The van der Waals surface area contributed by atoms with Crippen molar-refractivity contribution in [2.24, 2.45) is 0 Å². The summed E-state index contributed by atoms with van der Waals surface area (Å²) in [7, 11) is 0. The van der Waals surface area contributed by atoms with E-state index in [0.717, 1.165) is 0 Å². The molecule has 1 heterocycles. The Morgan fingerprint density at radius 2 is 0.791 bits per heavy atom. The van der Waals surface area contributed by atoms with E-state index in [1.807, 2.05) is 11.3 Å². The fourth-order valence-electron chi connectivity index (χ4n) is 7.01. The van der Waals surface area contributed by atoms with Gasteiger partial charge in [-0.1, -0.05) is 146 Å². The standard InChI is InChI=1S/C42H26S/c1-2-12-27(13-3-1)41-35-15-4-6-17-37(35)42(38-18-7-5-16-36(38)41)34-22-11-20-30-29(19-10-21-31(30)34)28-24-25-33-32-14-8-9-23-39(32)43-40(33)26-28/h1-26H. The lowest BCUT2D eigenvalue weighted by atomic mass is 9.84. The van der Waals surface area contributed by atoms with Gasteiger partial charge >= 0.3 is 0 Å². The van der Waals surface area contributed by atoms with Crippen LogP contribution in [0.5, 0.6) is 0 Å². The van der Waals surface area contributed by atoms with Crippen LogP contribution in [0.15, 0.2) is 158 Å². The van der Waals surface area contributed by atoms with Gasteiger partial charge in [-0.3, -0.25) is 0 Å². The smallest absolute Gasteiger partial charge is 0.0361 e. The van der Waals surface area contributed by atoms with Gasteiger partial charge in [-0.05, 0) is 77.8 Å². The summed E-state index contributed by atoms with van der Waals surface area (Å²) < 4.78 is 2.67. The topological polar surface area (TPSA) is 0 Å². The normalized spacial score (nSPS) is 11.7. The molecule has 0 amide bonds. The lowest BCUT2D eigenvalue weighted by Gasteiger charge is -2.19. The van der Waals surface area contributed by atoms with E-state index in [1.165, 1.54) is 85.9 Å². The summed E-state index contributed by atoms with van der Waals surface area (Å²) in [4.78, 5) is 0. The quantitative estimate of drug-likeness (QED) is 0.188. The highest BCUT2D eigenvalue weighted by atomic mass is 32.1. The summed E-state index contributed by atoms with van der Waals surface area (Å²) in [5.74, 6) is 0. The van der Waals surface area contributed by atoms with Crippen LogP contribution in [0.25, 0.3) is 85.9 Å². The SMILES string of the molecule is c1ccc(-c2c3ccccc3c(-c3cccc4c(-c5ccc6c(c5)sc5ccccc56)cccc34)c3ccccc23)cc1. The minimum Gasteiger partial charge on any atom is -0.135 e. The summed E-state index contributed by atoms with van der Waals surface area (Å²) in [6.07, 6.45) is 0. The molecular formula is C42H26S. The molecule has 0 spiro atoms. The predicted octanol–water partition coefficient (Wildman–Crippen LogP) is 12.5. The zero-order chi connectivity index (χ0) is 28.3. The van der Waals surface area contributed by atoms with Gasteiger partial charge in [-0.2, -0.15) is 0 Å². The van der Waals surface area contributed by atoms with Crippen molar-refractivity contribution in [3.05, 3.63) is 158 Å². The molecule has 1 heteroatoms. The average molecular weight is 563 g/mol. The fourth-order valence-corrected chi connectivity index (χ4v) is 8.15. The van der Waals surface area contributed by atoms with Crippen LogP contribution in [0.3, 0.4) is 0 Å². The Hall–Kier alpha value is -5.24. The molecule has 9 rings (SSSR count). The molecular weight excluding hydrogens is 537 g/mol. The Morgan fingerprint density at radius 1 is 0.279 bits per heavy atom. The Kier molecular flexibility index (Phi) is 5.47. The van der Waals surface area contributed by atoms with Crippen molar-refractivity contribution in [2.75, 3.05) is 0 Å². The van der Waals surface area contributed by atoms with Gasteiger partial charge in [0.1, 0.15) is 0 Å². The molecule has 0 N–H and O–H groups in total. The Morgan fingerprint density at radius 3 is 1.49 bits per heavy atom. The number of fused-ring (bicyclic) bond motifs is 6. The summed E-state index contributed by atoms with van der Waals surface area (Å²) in [5.41, 5.74) is 7.65. The van der Waals surface area contributed by atoms with Crippen LogP contribution in [0.2, 0.25) is 0 Å². The summed E-state index contributed by atoms with van der Waals surface area (Å²) in [6.45, 7) is 0. The van der Waals surface area contributed by atoms with Crippen LogP contribution in [0, 0.1) is 0 Å². The van der Waals surface area contributed by atoms with Gasteiger partial charge in [-0.25, -0.2) is 0 Å². The van der Waals surface area contributed by atoms with E-state index >= 15 is 0 Å². The van der Waals surface area contributed by atoms with Crippen molar-refractivity contribution >= 4 is 63.8 Å². The zero-order valence-corrected chi connectivity index (χ0v) is 24.2. The third-order valence-corrected chi connectivity index (χ3v) is 10.0. The molecule has 0 aliphatic carbocycles. The molecule has 43 heavy (non-hydrogen) atoms. The first-order valence-corrected chi connectivity index (χ1v) is 15.6.